The molecule has 0 aliphatic heterocycles. The van der Waals surface area contributed by atoms with Crippen LogP contribution in [0, 0.1) is 6.92 Å². The Hall–Kier alpha value is -1.09. The molecule has 0 saturated heterocycles. The number of aryl methyl sites for hydroxylation is 1. The predicted molar refractivity (Wildman–Crippen MR) is 68.3 cm³/mol. The van der Waals surface area contributed by atoms with Crippen LogP contribution in [-0.2, 0) is 0 Å². The molecule has 0 aromatic heterocycles. The van der Waals surface area contributed by atoms with Crippen LogP contribution in [0.25, 0.3) is 0 Å². The number of ether oxygens (including phenoxy) is 1. The van der Waals surface area contributed by atoms with Crippen LogP contribution < -0.4 is 4.74 Å². The first kappa shape index (κ1) is 14.0. The van der Waals surface area contributed by atoms with Gasteiger partial charge in [0.2, 0.25) is 0 Å². The molecule has 2 rings (SSSR count). The van der Waals surface area contributed by atoms with E-state index in [9.17, 15) is 4.79 Å². The van der Waals surface area contributed by atoms with Crippen molar-refractivity contribution in [1.82, 2.24) is 0 Å². The third-order valence-electron chi connectivity index (χ3n) is 2.31. The van der Waals surface area contributed by atoms with Gasteiger partial charge in [-0.25, -0.2) is 4.79 Å². The van der Waals surface area contributed by atoms with Crippen LogP contribution in [0.5, 0.6) is 5.75 Å². The Labute approximate surface area is 123 Å². The first-order chi connectivity index (χ1) is 7.77. The Morgan fingerprint density at radius 2 is 1.53 bits per heavy atom. The average Bonchev–Trinajstić information content (AvgIpc) is 2.33. The summed E-state index contributed by atoms with van der Waals surface area (Å²) in [5.41, 5.74) is 1.51. The molecule has 0 amide bonds. The summed E-state index contributed by atoms with van der Waals surface area (Å²) in [6.45, 7) is 1.91. The summed E-state index contributed by atoms with van der Waals surface area (Å²) in [6.07, 6.45) is 0. The van der Waals surface area contributed by atoms with Crippen molar-refractivity contribution in [2.24, 2.45) is 0 Å². The number of hydrogen-bond acceptors (Lipinski definition) is 2. The Morgan fingerprint density at radius 3 is 2.18 bits per heavy atom. The second-order valence-corrected chi connectivity index (χ2v) is 3.52. The van der Waals surface area contributed by atoms with E-state index in [-0.39, 0.29) is 35.5 Å². The first-order valence-corrected chi connectivity index (χ1v) is 5.10. The maximum absolute atomic E-state index is 11.7. The van der Waals surface area contributed by atoms with Gasteiger partial charge < -0.3 is 4.74 Å². The summed E-state index contributed by atoms with van der Waals surface area (Å²) >= 11 is 0. The molecule has 0 aliphatic rings. The standard InChI is InChI=1S/C14H12O2.Na/c1-11-7-5-6-10-13(11)16-14(15)12-8-3-2-4-9-12;/h2-10H,1H3;. The van der Waals surface area contributed by atoms with Crippen LogP contribution in [-0.4, -0.2) is 35.5 Å². The summed E-state index contributed by atoms with van der Waals surface area (Å²) in [5, 5.41) is 0. The second kappa shape index (κ2) is 6.60. The normalized spacial score (nSPS) is 9.24. The number of hydrogen-bond donors (Lipinski definition) is 0. The van der Waals surface area contributed by atoms with Gasteiger partial charge in [-0.05, 0) is 30.7 Å². The van der Waals surface area contributed by atoms with E-state index in [2.05, 4.69) is 0 Å². The predicted octanol–water partition coefficient (Wildman–Crippen LogP) is 2.83. The maximum Gasteiger partial charge on any atom is 0.343 e. The van der Waals surface area contributed by atoms with Gasteiger partial charge in [0.1, 0.15) is 5.75 Å². The summed E-state index contributed by atoms with van der Waals surface area (Å²) in [7, 11) is 0. The minimum Gasteiger partial charge on any atom is -0.423 e. The number of carbonyl (C=O) groups is 1. The summed E-state index contributed by atoms with van der Waals surface area (Å²) in [5.74, 6) is 0.284. The van der Waals surface area contributed by atoms with E-state index in [0.717, 1.165) is 5.56 Å². The second-order valence-electron chi connectivity index (χ2n) is 3.52. The van der Waals surface area contributed by atoms with Gasteiger partial charge in [0.15, 0.2) is 0 Å². The molecule has 2 aromatic carbocycles. The molecule has 0 fully saturated rings. The fraction of sp³-hybridized carbons (Fsp3) is 0.0714. The van der Waals surface area contributed by atoms with Gasteiger partial charge in [-0.15, -0.1) is 0 Å². The Balaban J connectivity index is 0.00000144. The third-order valence-corrected chi connectivity index (χ3v) is 2.31. The fourth-order valence-corrected chi connectivity index (χ4v) is 1.40. The number of carbonyl (C=O) groups excluding carboxylic acids is 1. The van der Waals surface area contributed by atoms with Gasteiger partial charge in [-0.1, -0.05) is 36.4 Å². The quantitative estimate of drug-likeness (QED) is 0.454. The molecule has 81 valence electrons. The molecule has 0 saturated carbocycles. The SMILES string of the molecule is Cc1ccccc1OC(=O)c1ccccc1.[Na]. The van der Waals surface area contributed by atoms with Crippen molar-refractivity contribution in [3.8, 4) is 5.75 Å². The van der Waals surface area contributed by atoms with E-state index in [1.807, 2.05) is 43.3 Å². The minimum absolute atomic E-state index is 0. The fourth-order valence-electron chi connectivity index (χ4n) is 1.40. The van der Waals surface area contributed by atoms with E-state index in [0.29, 0.717) is 11.3 Å². The van der Waals surface area contributed by atoms with Crippen molar-refractivity contribution in [2.45, 2.75) is 6.92 Å². The molecule has 3 heteroatoms. The molecule has 0 bridgehead atoms. The van der Waals surface area contributed by atoms with Gasteiger partial charge in [-0.2, -0.15) is 0 Å². The van der Waals surface area contributed by atoms with Gasteiger partial charge in [0.05, 0.1) is 5.56 Å². The van der Waals surface area contributed by atoms with Crippen molar-refractivity contribution in [1.29, 1.82) is 0 Å². The van der Waals surface area contributed by atoms with Crippen LogP contribution in [0.4, 0.5) is 0 Å². The Kier molecular flexibility index (Phi) is 5.42. The van der Waals surface area contributed by atoms with Crippen molar-refractivity contribution in [3.05, 3.63) is 65.7 Å². The zero-order valence-electron chi connectivity index (χ0n) is 10.0. The molecule has 0 heterocycles. The van der Waals surface area contributed by atoms with Crippen molar-refractivity contribution < 1.29 is 9.53 Å². The number of para-hydroxylation sites is 1. The molecule has 0 spiro atoms. The largest absolute Gasteiger partial charge is 0.423 e. The van der Waals surface area contributed by atoms with Crippen LogP contribution in [0.3, 0.4) is 0 Å². The van der Waals surface area contributed by atoms with Gasteiger partial charge in [0.25, 0.3) is 0 Å². The first-order valence-electron chi connectivity index (χ1n) is 5.10. The number of esters is 1. The molecular formula is C14H12NaO2. The van der Waals surface area contributed by atoms with E-state index in [1.54, 1.807) is 18.2 Å². The number of benzene rings is 2. The monoisotopic (exact) mass is 235 g/mol. The van der Waals surface area contributed by atoms with Crippen LogP contribution >= 0.6 is 0 Å². The smallest absolute Gasteiger partial charge is 0.343 e. The van der Waals surface area contributed by atoms with E-state index < -0.39 is 0 Å². The summed E-state index contributed by atoms with van der Waals surface area (Å²) in [4.78, 5) is 11.7. The van der Waals surface area contributed by atoms with E-state index >= 15 is 0 Å². The van der Waals surface area contributed by atoms with E-state index in [4.69, 9.17) is 4.74 Å². The van der Waals surface area contributed by atoms with Gasteiger partial charge in [0, 0.05) is 29.6 Å². The molecule has 2 aromatic rings. The maximum atomic E-state index is 11.7. The Morgan fingerprint density at radius 1 is 0.941 bits per heavy atom. The van der Waals surface area contributed by atoms with Gasteiger partial charge >= 0.3 is 5.97 Å². The Bertz CT molecular complexity index is 495. The van der Waals surface area contributed by atoms with Crippen LogP contribution in [0.2, 0.25) is 0 Å². The minimum atomic E-state index is -0.324. The molecule has 2 nitrogen and oxygen atoms in total. The summed E-state index contributed by atoms with van der Waals surface area (Å²) in [6, 6.07) is 16.4. The van der Waals surface area contributed by atoms with Crippen LogP contribution in [0.15, 0.2) is 54.6 Å². The number of rotatable bonds is 2. The van der Waals surface area contributed by atoms with Crippen molar-refractivity contribution in [3.63, 3.8) is 0 Å². The van der Waals surface area contributed by atoms with Gasteiger partial charge in [-0.3, -0.25) is 0 Å². The van der Waals surface area contributed by atoms with Crippen molar-refractivity contribution in [2.75, 3.05) is 0 Å². The zero-order chi connectivity index (χ0) is 11.4. The third kappa shape index (κ3) is 3.70. The average molecular weight is 235 g/mol. The van der Waals surface area contributed by atoms with E-state index in [1.165, 1.54) is 0 Å². The zero-order valence-corrected chi connectivity index (χ0v) is 12.0. The molecule has 0 N–H and O–H groups in total. The molecule has 17 heavy (non-hydrogen) atoms. The molecule has 0 atom stereocenters. The van der Waals surface area contributed by atoms with Crippen molar-refractivity contribution >= 4 is 35.5 Å². The summed E-state index contributed by atoms with van der Waals surface area (Å²) < 4.78 is 5.29. The molecular weight excluding hydrogens is 223 g/mol. The molecule has 0 unspecified atom stereocenters. The van der Waals surface area contributed by atoms with Crippen LogP contribution in [0.1, 0.15) is 15.9 Å². The molecule has 0 aliphatic carbocycles. The molecule has 1 radical (unpaired) electrons. The topological polar surface area (TPSA) is 26.3 Å².